The van der Waals surface area contributed by atoms with Gasteiger partial charge in [0.15, 0.2) is 0 Å². The van der Waals surface area contributed by atoms with Crippen molar-refractivity contribution in [1.29, 1.82) is 0 Å². The van der Waals surface area contributed by atoms with Crippen molar-refractivity contribution in [2.75, 3.05) is 13.1 Å². The van der Waals surface area contributed by atoms with Crippen LogP contribution in [-0.2, 0) is 4.79 Å². The lowest BCUT2D eigenvalue weighted by atomic mass is 9.88. The average molecular weight is 309 g/mol. The summed E-state index contributed by atoms with van der Waals surface area (Å²) in [5.74, 6) is 1.08. The van der Waals surface area contributed by atoms with Crippen LogP contribution in [0.5, 0.6) is 0 Å². The summed E-state index contributed by atoms with van der Waals surface area (Å²) >= 11 is 0. The number of likely N-dealkylation sites (tertiary alicyclic amines) is 1. The number of hydrogen-bond acceptors (Lipinski definition) is 2. The summed E-state index contributed by atoms with van der Waals surface area (Å²) in [4.78, 5) is 14.5. The Morgan fingerprint density at radius 2 is 1.82 bits per heavy atom. The molecular formula is C19H36N2O. The Kier molecular flexibility index (Phi) is 7.71. The summed E-state index contributed by atoms with van der Waals surface area (Å²) in [6.07, 6.45) is 13.6. The molecule has 1 N–H and O–H groups in total. The fourth-order valence-corrected chi connectivity index (χ4v) is 4.20. The van der Waals surface area contributed by atoms with Gasteiger partial charge in [-0.1, -0.05) is 46.0 Å². The maximum absolute atomic E-state index is 12.4. The molecule has 128 valence electrons. The van der Waals surface area contributed by atoms with E-state index < -0.39 is 0 Å². The van der Waals surface area contributed by atoms with Crippen LogP contribution in [0.2, 0.25) is 0 Å². The van der Waals surface area contributed by atoms with Gasteiger partial charge in [0.25, 0.3) is 0 Å². The molecule has 0 aromatic carbocycles. The standard InChI is InChI=1S/C19H36N2O/c1-3-5-10-16-13-18(20-17-11-7-6-8-12-17)15-21(14-16)19(22)9-4-2/h16-18,20H,3-15H2,1-2H3. The van der Waals surface area contributed by atoms with Gasteiger partial charge in [-0.2, -0.15) is 0 Å². The quantitative estimate of drug-likeness (QED) is 0.767. The maximum Gasteiger partial charge on any atom is 0.222 e. The van der Waals surface area contributed by atoms with Gasteiger partial charge < -0.3 is 10.2 Å². The van der Waals surface area contributed by atoms with Crippen LogP contribution in [0.25, 0.3) is 0 Å². The molecule has 3 nitrogen and oxygen atoms in total. The van der Waals surface area contributed by atoms with Gasteiger partial charge in [-0.25, -0.2) is 0 Å². The van der Waals surface area contributed by atoms with Crippen LogP contribution in [0.3, 0.4) is 0 Å². The van der Waals surface area contributed by atoms with Crippen LogP contribution in [0, 0.1) is 5.92 Å². The number of piperidine rings is 1. The molecule has 1 aliphatic heterocycles. The van der Waals surface area contributed by atoms with Crippen molar-refractivity contribution in [2.24, 2.45) is 5.92 Å². The predicted molar refractivity (Wildman–Crippen MR) is 92.9 cm³/mol. The number of amides is 1. The zero-order chi connectivity index (χ0) is 15.8. The van der Waals surface area contributed by atoms with E-state index >= 15 is 0 Å². The van der Waals surface area contributed by atoms with Crippen molar-refractivity contribution >= 4 is 5.91 Å². The van der Waals surface area contributed by atoms with Crippen LogP contribution in [-0.4, -0.2) is 36.0 Å². The predicted octanol–water partition coefficient (Wildman–Crippen LogP) is 4.12. The van der Waals surface area contributed by atoms with Gasteiger partial charge in [-0.05, 0) is 38.0 Å². The van der Waals surface area contributed by atoms with E-state index in [9.17, 15) is 4.79 Å². The molecule has 0 aromatic rings. The molecule has 1 saturated carbocycles. The highest BCUT2D eigenvalue weighted by Crippen LogP contribution is 2.25. The minimum Gasteiger partial charge on any atom is -0.341 e. The molecule has 2 atom stereocenters. The lowest BCUT2D eigenvalue weighted by molar-refractivity contribution is -0.133. The minimum atomic E-state index is 0.374. The second-order valence-corrected chi connectivity index (χ2v) is 7.49. The largest absolute Gasteiger partial charge is 0.341 e. The van der Waals surface area contributed by atoms with E-state index in [-0.39, 0.29) is 0 Å². The van der Waals surface area contributed by atoms with Gasteiger partial charge in [-0.3, -0.25) is 4.79 Å². The number of rotatable bonds is 7. The van der Waals surface area contributed by atoms with E-state index in [2.05, 4.69) is 24.1 Å². The van der Waals surface area contributed by atoms with Crippen LogP contribution >= 0.6 is 0 Å². The molecule has 3 heteroatoms. The highest BCUT2D eigenvalue weighted by atomic mass is 16.2. The van der Waals surface area contributed by atoms with Crippen molar-refractivity contribution in [3.8, 4) is 0 Å². The van der Waals surface area contributed by atoms with E-state index in [0.29, 0.717) is 23.9 Å². The van der Waals surface area contributed by atoms with E-state index in [4.69, 9.17) is 0 Å². The molecule has 22 heavy (non-hydrogen) atoms. The van der Waals surface area contributed by atoms with E-state index in [1.54, 1.807) is 0 Å². The molecule has 1 saturated heterocycles. The van der Waals surface area contributed by atoms with Crippen molar-refractivity contribution < 1.29 is 4.79 Å². The fraction of sp³-hybridized carbons (Fsp3) is 0.947. The first-order valence-corrected chi connectivity index (χ1v) is 9.76. The number of nitrogens with zero attached hydrogens (tertiary/aromatic N) is 1. The molecule has 2 rings (SSSR count). The Bertz CT molecular complexity index is 325. The lowest BCUT2D eigenvalue weighted by Gasteiger charge is -2.40. The Labute approximate surface area is 137 Å². The minimum absolute atomic E-state index is 0.374. The molecule has 2 aliphatic rings. The van der Waals surface area contributed by atoms with Crippen molar-refractivity contribution in [3.63, 3.8) is 0 Å². The van der Waals surface area contributed by atoms with Gasteiger partial charge in [0.2, 0.25) is 5.91 Å². The normalized spacial score (nSPS) is 27.1. The highest BCUT2D eigenvalue weighted by Gasteiger charge is 2.30. The second kappa shape index (κ2) is 9.54. The number of carbonyl (C=O) groups is 1. The molecule has 1 heterocycles. The highest BCUT2D eigenvalue weighted by molar-refractivity contribution is 5.76. The molecular weight excluding hydrogens is 272 g/mol. The van der Waals surface area contributed by atoms with Crippen LogP contribution in [0.15, 0.2) is 0 Å². The van der Waals surface area contributed by atoms with Crippen LogP contribution < -0.4 is 5.32 Å². The molecule has 0 bridgehead atoms. The van der Waals surface area contributed by atoms with E-state index in [1.807, 2.05) is 0 Å². The second-order valence-electron chi connectivity index (χ2n) is 7.49. The molecule has 2 unspecified atom stereocenters. The van der Waals surface area contributed by atoms with Crippen molar-refractivity contribution in [3.05, 3.63) is 0 Å². The molecule has 0 aromatic heterocycles. The third-order valence-corrected chi connectivity index (χ3v) is 5.40. The SMILES string of the molecule is CCCCC1CC(NC2CCCCC2)CN(C(=O)CCC)C1. The number of carbonyl (C=O) groups excluding carboxylic acids is 1. The zero-order valence-corrected chi connectivity index (χ0v) is 14.8. The first kappa shape index (κ1) is 17.8. The lowest BCUT2D eigenvalue weighted by Crippen LogP contribution is -2.53. The van der Waals surface area contributed by atoms with Crippen LogP contribution in [0.1, 0.15) is 84.5 Å². The number of unbranched alkanes of at least 4 members (excludes halogenated alkanes) is 1. The Hall–Kier alpha value is -0.570. The average Bonchev–Trinajstić information content (AvgIpc) is 2.54. The zero-order valence-electron chi connectivity index (χ0n) is 14.8. The molecule has 0 spiro atoms. The number of nitrogens with one attached hydrogen (secondary N) is 1. The van der Waals surface area contributed by atoms with E-state index in [0.717, 1.165) is 25.9 Å². The van der Waals surface area contributed by atoms with Crippen molar-refractivity contribution in [1.82, 2.24) is 10.2 Å². The molecule has 0 radical (unpaired) electrons. The van der Waals surface area contributed by atoms with Crippen molar-refractivity contribution in [2.45, 2.75) is 96.6 Å². The summed E-state index contributed by atoms with van der Waals surface area (Å²) in [5, 5.41) is 3.90. The summed E-state index contributed by atoms with van der Waals surface area (Å²) in [6, 6.07) is 1.23. The summed E-state index contributed by atoms with van der Waals surface area (Å²) in [5.41, 5.74) is 0. The summed E-state index contributed by atoms with van der Waals surface area (Å²) in [7, 11) is 0. The fourth-order valence-electron chi connectivity index (χ4n) is 4.20. The van der Waals surface area contributed by atoms with Gasteiger partial charge in [-0.15, -0.1) is 0 Å². The van der Waals surface area contributed by atoms with Gasteiger partial charge in [0, 0.05) is 31.6 Å². The monoisotopic (exact) mass is 308 g/mol. The molecule has 2 fully saturated rings. The van der Waals surface area contributed by atoms with Gasteiger partial charge in [0.05, 0.1) is 0 Å². The van der Waals surface area contributed by atoms with Crippen LogP contribution in [0.4, 0.5) is 0 Å². The first-order valence-electron chi connectivity index (χ1n) is 9.76. The Morgan fingerprint density at radius 3 is 2.50 bits per heavy atom. The molecule has 1 amide bonds. The maximum atomic E-state index is 12.4. The summed E-state index contributed by atoms with van der Waals surface area (Å²) in [6.45, 7) is 6.31. The third kappa shape index (κ3) is 5.57. The Balaban J connectivity index is 1.90. The van der Waals surface area contributed by atoms with Gasteiger partial charge >= 0.3 is 0 Å². The van der Waals surface area contributed by atoms with Gasteiger partial charge in [0.1, 0.15) is 0 Å². The Morgan fingerprint density at radius 1 is 1.05 bits per heavy atom. The molecule has 1 aliphatic carbocycles. The third-order valence-electron chi connectivity index (χ3n) is 5.40. The topological polar surface area (TPSA) is 32.3 Å². The number of hydrogen-bond donors (Lipinski definition) is 1. The first-order chi connectivity index (χ1) is 10.7. The summed E-state index contributed by atoms with van der Waals surface area (Å²) < 4.78 is 0. The smallest absolute Gasteiger partial charge is 0.222 e. The van der Waals surface area contributed by atoms with E-state index in [1.165, 1.54) is 57.8 Å².